The van der Waals surface area contributed by atoms with E-state index in [1.807, 2.05) is 35.2 Å². The standard InChI is InChI=1S/C23H20N4O2/c1-2-14-3-5-16(25-10-14)11-27(17-6-7-17)23(28)15-4-8-21-18(9-15)19-12-29-13-20(19)22(24)26-21/h1,3-5,8-10,17H,6-7,11-13H2,(H2,24,26). The predicted octanol–water partition coefficient (Wildman–Crippen LogP) is 3.03. The lowest BCUT2D eigenvalue weighted by atomic mass is 10.0. The number of ether oxygens (including phenoxy) is 1. The number of pyridine rings is 2. The summed E-state index contributed by atoms with van der Waals surface area (Å²) < 4.78 is 5.56. The van der Waals surface area contributed by atoms with Gasteiger partial charge in [0.05, 0.1) is 31.0 Å². The van der Waals surface area contributed by atoms with E-state index in [9.17, 15) is 4.79 Å². The summed E-state index contributed by atoms with van der Waals surface area (Å²) in [5.74, 6) is 3.07. The summed E-state index contributed by atoms with van der Waals surface area (Å²) in [7, 11) is 0. The quantitative estimate of drug-likeness (QED) is 0.700. The van der Waals surface area contributed by atoms with E-state index in [1.165, 1.54) is 0 Å². The fourth-order valence-corrected chi connectivity index (χ4v) is 3.80. The number of carbonyl (C=O) groups excluding carboxylic acids is 1. The lowest BCUT2D eigenvalue weighted by molar-refractivity contribution is 0.0728. The number of hydrogen-bond acceptors (Lipinski definition) is 5. The molecule has 0 saturated heterocycles. The minimum absolute atomic E-state index is 0.00159. The molecule has 3 heterocycles. The monoisotopic (exact) mass is 384 g/mol. The number of amides is 1. The highest BCUT2D eigenvalue weighted by molar-refractivity contribution is 5.99. The Morgan fingerprint density at radius 3 is 2.79 bits per heavy atom. The maximum Gasteiger partial charge on any atom is 0.254 e. The average molecular weight is 384 g/mol. The van der Waals surface area contributed by atoms with Crippen molar-refractivity contribution in [1.82, 2.24) is 14.9 Å². The molecule has 144 valence electrons. The van der Waals surface area contributed by atoms with Gasteiger partial charge in [-0.2, -0.15) is 0 Å². The molecular formula is C23H20N4O2. The molecule has 1 aliphatic carbocycles. The van der Waals surface area contributed by atoms with Gasteiger partial charge < -0.3 is 15.4 Å². The Morgan fingerprint density at radius 1 is 1.24 bits per heavy atom. The van der Waals surface area contributed by atoms with Gasteiger partial charge in [0.25, 0.3) is 5.91 Å². The molecule has 5 rings (SSSR count). The molecule has 1 fully saturated rings. The van der Waals surface area contributed by atoms with Gasteiger partial charge in [0, 0.05) is 34.3 Å². The Labute approximate surface area is 168 Å². The van der Waals surface area contributed by atoms with Crippen LogP contribution in [-0.2, 0) is 24.5 Å². The summed E-state index contributed by atoms with van der Waals surface area (Å²) in [6, 6.07) is 9.60. The first kappa shape index (κ1) is 17.7. The number of fused-ring (bicyclic) bond motifs is 3. The number of hydrogen-bond donors (Lipinski definition) is 1. The Morgan fingerprint density at radius 2 is 2.07 bits per heavy atom. The zero-order chi connectivity index (χ0) is 20.0. The van der Waals surface area contributed by atoms with Crippen LogP contribution in [-0.4, -0.2) is 26.8 Å². The Balaban J connectivity index is 1.48. The number of aromatic nitrogens is 2. The van der Waals surface area contributed by atoms with Gasteiger partial charge in [0.1, 0.15) is 5.82 Å². The zero-order valence-corrected chi connectivity index (χ0v) is 15.9. The minimum Gasteiger partial charge on any atom is -0.383 e. The van der Waals surface area contributed by atoms with Crippen molar-refractivity contribution in [2.75, 3.05) is 5.73 Å². The number of rotatable bonds is 4. The highest BCUT2D eigenvalue weighted by Crippen LogP contribution is 2.33. The van der Waals surface area contributed by atoms with Crippen LogP contribution < -0.4 is 5.73 Å². The molecule has 1 aliphatic heterocycles. The van der Waals surface area contributed by atoms with Crippen molar-refractivity contribution in [3.8, 4) is 12.3 Å². The zero-order valence-electron chi connectivity index (χ0n) is 15.9. The average Bonchev–Trinajstić information content (AvgIpc) is 3.46. The number of terminal acetylenes is 1. The highest BCUT2D eigenvalue weighted by Gasteiger charge is 2.33. The number of benzene rings is 1. The van der Waals surface area contributed by atoms with E-state index in [1.54, 1.807) is 6.20 Å². The second-order valence-electron chi connectivity index (χ2n) is 7.53. The second kappa shape index (κ2) is 6.87. The Bertz CT molecular complexity index is 1160. The summed E-state index contributed by atoms with van der Waals surface area (Å²) >= 11 is 0. The van der Waals surface area contributed by atoms with E-state index in [0.29, 0.717) is 31.1 Å². The first-order valence-corrected chi connectivity index (χ1v) is 9.65. The number of nitrogens with zero attached hydrogens (tertiary/aromatic N) is 3. The Hall–Kier alpha value is -3.43. The number of nitrogens with two attached hydrogens (primary N) is 1. The van der Waals surface area contributed by atoms with Crippen molar-refractivity contribution in [2.45, 2.75) is 38.6 Å². The summed E-state index contributed by atoms with van der Waals surface area (Å²) in [4.78, 5) is 24.1. The molecule has 1 amide bonds. The van der Waals surface area contributed by atoms with Crippen LogP contribution in [0.25, 0.3) is 10.9 Å². The fraction of sp³-hybridized carbons (Fsp3) is 0.261. The van der Waals surface area contributed by atoms with Crippen LogP contribution in [0.1, 0.15) is 45.6 Å². The van der Waals surface area contributed by atoms with Crippen molar-refractivity contribution >= 4 is 22.6 Å². The van der Waals surface area contributed by atoms with Gasteiger partial charge in [-0.05, 0) is 48.7 Å². The van der Waals surface area contributed by atoms with E-state index in [4.69, 9.17) is 16.9 Å². The van der Waals surface area contributed by atoms with Crippen LogP contribution in [0, 0.1) is 12.3 Å². The molecule has 0 radical (unpaired) electrons. The topological polar surface area (TPSA) is 81.3 Å². The van der Waals surface area contributed by atoms with Crippen LogP contribution in [0.3, 0.4) is 0 Å². The van der Waals surface area contributed by atoms with Gasteiger partial charge in [-0.25, -0.2) is 4.98 Å². The molecule has 0 atom stereocenters. The fourth-order valence-electron chi connectivity index (χ4n) is 3.80. The maximum atomic E-state index is 13.4. The van der Waals surface area contributed by atoms with Gasteiger partial charge in [-0.15, -0.1) is 6.42 Å². The molecule has 6 heteroatoms. The summed E-state index contributed by atoms with van der Waals surface area (Å²) in [5, 5.41) is 0.935. The molecule has 3 aromatic rings. The molecule has 2 aliphatic rings. The third-order valence-electron chi connectivity index (χ3n) is 5.55. The lowest BCUT2D eigenvalue weighted by Gasteiger charge is -2.22. The number of carbonyl (C=O) groups is 1. The smallest absolute Gasteiger partial charge is 0.254 e. The maximum absolute atomic E-state index is 13.4. The van der Waals surface area contributed by atoms with E-state index < -0.39 is 0 Å². The summed E-state index contributed by atoms with van der Waals surface area (Å²) in [6.07, 6.45) is 9.10. The molecular weight excluding hydrogens is 364 g/mol. The van der Waals surface area contributed by atoms with Gasteiger partial charge in [0.2, 0.25) is 0 Å². The molecule has 0 unspecified atom stereocenters. The Kier molecular flexibility index (Phi) is 4.18. The molecule has 1 aromatic carbocycles. The first-order valence-electron chi connectivity index (χ1n) is 9.65. The first-order chi connectivity index (χ1) is 14.1. The third-order valence-corrected chi connectivity index (χ3v) is 5.55. The molecule has 1 saturated carbocycles. The molecule has 29 heavy (non-hydrogen) atoms. The van der Waals surface area contributed by atoms with Crippen molar-refractivity contribution in [3.05, 3.63) is 64.5 Å². The SMILES string of the molecule is C#Cc1ccc(CN(C(=O)c2ccc3nc(N)c4c(c3c2)COC4)C2CC2)nc1. The molecule has 0 spiro atoms. The van der Waals surface area contributed by atoms with Crippen LogP contribution >= 0.6 is 0 Å². The van der Waals surface area contributed by atoms with Crippen LogP contribution in [0.5, 0.6) is 0 Å². The normalized spacial score (nSPS) is 15.1. The predicted molar refractivity (Wildman–Crippen MR) is 110 cm³/mol. The van der Waals surface area contributed by atoms with Gasteiger partial charge >= 0.3 is 0 Å². The van der Waals surface area contributed by atoms with Gasteiger partial charge in [-0.3, -0.25) is 9.78 Å². The minimum atomic E-state index is 0.00159. The van der Waals surface area contributed by atoms with Crippen molar-refractivity contribution < 1.29 is 9.53 Å². The molecule has 0 bridgehead atoms. The van der Waals surface area contributed by atoms with E-state index in [-0.39, 0.29) is 11.9 Å². The van der Waals surface area contributed by atoms with Crippen LogP contribution in [0.4, 0.5) is 5.82 Å². The van der Waals surface area contributed by atoms with Crippen molar-refractivity contribution in [3.63, 3.8) is 0 Å². The summed E-state index contributed by atoms with van der Waals surface area (Å²) in [6.45, 7) is 1.43. The van der Waals surface area contributed by atoms with E-state index >= 15 is 0 Å². The van der Waals surface area contributed by atoms with Crippen molar-refractivity contribution in [1.29, 1.82) is 0 Å². The largest absolute Gasteiger partial charge is 0.383 e. The molecule has 2 aromatic heterocycles. The second-order valence-corrected chi connectivity index (χ2v) is 7.53. The highest BCUT2D eigenvalue weighted by atomic mass is 16.5. The van der Waals surface area contributed by atoms with E-state index in [2.05, 4.69) is 15.9 Å². The van der Waals surface area contributed by atoms with Gasteiger partial charge in [0.15, 0.2) is 0 Å². The third kappa shape index (κ3) is 3.20. The van der Waals surface area contributed by atoms with Crippen LogP contribution in [0.15, 0.2) is 36.5 Å². The van der Waals surface area contributed by atoms with Gasteiger partial charge in [-0.1, -0.05) is 5.92 Å². The lowest BCUT2D eigenvalue weighted by Crippen LogP contribution is -2.33. The molecule has 6 nitrogen and oxygen atoms in total. The number of nitrogen functional groups attached to an aromatic ring is 1. The summed E-state index contributed by atoms with van der Waals surface area (Å²) in [5.41, 5.74) is 11.0. The molecule has 2 N–H and O–H groups in total. The van der Waals surface area contributed by atoms with E-state index in [0.717, 1.165) is 46.1 Å². The number of anilines is 1. The van der Waals surface area contributed by atoms with Crippen LogP contribution in [0.2, 0.25) is 0 Å². The van der Waals surface area contributed by atoms with Crippen molar-refractivity contribution in [2.24, 2.45) is 0 Å².